The molecule has 3 nitrogen and oxygen atoms in total. The molecule has 2 aliphatic heterocycles. The molecule has 72 heavy (non-hydrogen) atoms. The molecule has 2 unspecified atom stereocenters. The summed E-state index contributed by atoms with van der Waals surface area (Å²) in [5.41, 5.74) is 22.7. The number of nitrogens with zero attached hydrogens (tertiary/aromatic N) is 1. The molecule has 0 aliphatic carbocycles. The number of benzene rings is 10. The van der Waals surface area contributed by atoms with Gasteiger partial charge in [0.2, 0.25) is 0 Å². The number of hydrogen-bond donors (Lipinski definition) is 2. The third-order valence-corrected chi connectivity index (χ3v) is 13.8. The van der Waals surface area contributed by atoms with Gasteiger partial charge in [-0.3, -0.25) is 4.99 Å². The highest BCUT2D eigenvalue weighted by Crippen LogP contribution is 2.50. The summed E-state index contributed by atoms with van der Waals surface area (Å²) in [6, 6.07) is 100. The minimum absolute atomic E-state index is 0.113. The van der Waals surface area contributed by atoms with Gasteiger partial charge in [0.15, 0.2) is 0 Å². The van der Waals surface area contributed by atoms with Gasteiger partial charge in [0, 0.05) is 11.3 Å². The van der Waals surface area contributed by atoms with Crippen LogP contribution in [0.3, 0.4) is 0 Å². The van der Waals surface area contributed by atoms with Crippen molar-refractivity contribution in [2.45, 2.75) is 12.2 Å². The van der Waals surface area contributed by atoms with Crippen molar-refractivity contribution in [2.24, 2.45) is 4.99 Å². The fourth-order valence-corrected chi connectivity index (χ4v) is 10.3. The predicted octanol–water partition coefficient (Wildman–Crippen LogP) is 16.6. The summed E-state index contributed by atoms with van der Waals surface area (Å²) in [4.78, 5) is 5.42. The topological polar surface area (TPSA) is 36.4 Å². The highest BCUT2D eigenvalue weighted by Gasteiger charge is 2.33. The minimum atomic E-state index is -0.335. The fraction of sp³-hybridized carbons (Fsp3) is 0.0290. The number of nitrogens with one attached hydrogen (secondary N) is 2. The van der Waals surface area contributed by atoms with Crippen LogP contribution in [0.15, 0.2) is 290 Å². The Morgan fingerprint density at radius 2 is 0.694 bits per heavy atom. The van der Waals surface area contributed by atoms with E-state index < -0.39 is 0 Å². The standard InChI is InChI=1S/C69H51N3/c1-8-23-48(24-9-1)59-44-60(49-25-10-2-11-26-49)46-61(45-59)69-70-62(51-27-12-3-13-28-51)47-63(71-69)58-38-22-37-57(43-58)50-39-41-54(42-40-50)64-65(52-29-14-4-15-30-52)67(55-33-18-6-19-34-55)72-68(56-35-20-7-21-36-56)66(64)53-31-16-5-17-32-53/h1-47,67,69,71-72H. The van der Waals surface area contributed by atoms with Gasteiger partial charge < -0.3 is 10.6 Å². The quantitative estimate of drug-likeness (QED) is 0.136. The van der Waals surface area contributed by atoms with Crippen LogP contribution >= 0.6 is 0 Å². The average molecular weight is 922 g/mol. The fourth-order valence-electron chi connectivity index (χ4n) is 10.3. The Morgan fingerprint density at radius 3 is 1.26 bits per heavy atom. The lowest BCUT2D eigenvalue weighted by molar-refractivity contribution is 0.664. The van der Waals surface area contributed by atoms with E-state index in [4.69, 9.17) is 4.99 Å². The molecule has 0 aromatic heterocycles. The van der Waals surface area contributed by atoms with Gasteiger partial charge in [0.1, 0.15) is 6.17 Å². The Kier molecular flexibility index (Phi) is 12.2. The van der Waals surface area contributed by atoms with Crippen molar-refractivity contribution in [1.82, 2.24) is 10.6 Å². The molecule has 12 rings (SSSR count). The van der Waals surface area contributed by atoms with Crippen LogP contribution in [0.1, 0.15) is 56.7 Å². The molecule has 2 heterocycles. The Hall–Kier alpha value is -9.31. The Labute approximate surface area is 422 Å². The highest BCUT2D eigenvalue weighted by molar-refractivity contribution is 6.24. The maximum Gasteiger partial charge on any atom is 0.145 e. The second-order valence-electron chi connectivity index (χ2n) is 18.3. The van der Waals surface area contributed by atoms with Crippen molar-refractivity contribution in [3.05, 3.63) is 330 Å². The molecular formula is C69H51N3. The Bertz CT molecular complexity index is 3560. The van der Waals surface area contributed by atoms with E-state index in [0.717, 1.165) is 72.7 Å². The van der Waals surface area contributed by atoms with Crippen LogP contribution in [0.25, 0.3) is 61.5 Å². The van der Waals surface area contributed by atoms with Crippen molar-refractivity contribution >= 4 is 33.8 Å². The number of aliphatic imine (C=N–C) groups is 1. The van der Waals surface area contributed by atoms with Crippen molar-refractivity contribution in [1.29, 1.82) is 0 Å². The SMILES string of the molecule is C1=C(c2cccc(-c3ccc(C4=C(c5ccccc5)C(c5ccccc5)NC(c5ccccc5)=C4c4ccccc4)cc3)c2)NC(c2cc(-c3ccccc3)cc(-c3ccccc3)c2)N=C1c1ccccc1. The Balaban J connectivity index is 0.963. The van der Waals surface area contributed by atoms with Gasteiger partial charge in [-0.1, -0.05) is 255 Å². The van der Waals surface area contributed by atoms with Crippen molar-refractivity contribution in [3.8, 4) is 33.4 Å². The van der Waals surface area contributed by atoms with Crippen LogP contribution in [0.5, 0.6) is 0 Å². The molecule has 10 aromatic carbocycles. The van der Waals surface area contributed by atoms with E-state index in [1.165, 1.54) is 39.0 Å². The Morgan fingerprint density at radius 1 is 0.278 bits per heavy atom. The van der Waals surface area contributed by atoms with Crippen LogP contribution in [-0.4, -0.2) is 5.71 Å². The third-order valence-electron chi connectivity index (χ3n) is 13.8. The number of hydrogen-bond acceptors (Lipinski definition) is 3. The molecule has 3 heteroatoms. The molecule has 10 aromatic rings. The zero-order valence-electron chi connectivity index (χ0n) is 39.7. The largest absolute Gasteiger partial charge is 0.373 e. The van der Waals surface area contributed by atoms with Gasteiger partial charge in [-0.15, -0.1) is 0 Å². The summed E-state index contributed by atoms with van der Waals surface area (Å²) < 4.78 is 0. The molecule has 2 atom stereocenters. The summed E-state index contributed by atoms with van der Waals surface area (Å²) in [5, 5.41) is 8.01. The maximum atomic E-state index is 5.42. The molecule has 2 N–H and O–H groups in total. The lowest BCUT2D eigenvalue weighted by atomic mass is 9.77. The van der Waals surface area contributed by atoms with Crippen LogP contribution in [-0.2, 0) is 0 Å². The first-order chi connectivity index (χ1) is 35.7. The predicted molar refractivity (Wildman–Crippen MR) is 301 cm³/mol. The third kappa shape index (κ3) is 9.04. The van der Waals surface area contributed by atoms with E-state index in [1.54, 1.807) is 0 Å². The van der Waals surface area contributed by atoms with Gasteiger partial charge in [0.25, 0.3) is 0 Å². The van der Waals surface area contributed by atoms with E-state index in [0.29, 0.717) is 0 Å². The molecular weight excluding hydrogens is 871 g/mol. The minimum Gasteiger partial charge on any atom is -0.373 e. The van der Waals surface area contributed by atoms with Crippen molar-refractivity contribution < 1.29 is 0 Å². The molecule has 0 fully saturated rings. The van der Waals surface area contributed by atoms with Crippen LogP contribution in [0.2, 0.25) is 0 Å². The molecule has 0 radical (unpaired) electrons. The average Bonchev–Trinajstić information content (AvgIpc) is 3.48. The van der Waals surface area contributed by atoms with E-state index >= 15 is 0 Å². The second-order valence-corrected chi connectivity index (χ2v) is 18.3. The monoisotopic (exact) mass is 921 g/mol. The zero-order chi connectivity index (χ0) is 48.1. The second kappa shape index (κ2) is 20.0. The smallest absolute Gasteiger partial charge is 0.145 e. The molecule has 0 saturated carbocycles. The normalized spacial score (nSPS) is 15.5. The van der Waals surface area contributed by atoms with Crippen LogP contribution in [0, 0.1) is 0 Å². The number of dihydropyridines is 1. The van der Waals surface area contributed by atoms with E-state index in [-0.39, 0.29) is 12.2 Å². The first-order valence-corrected chi connectivity index (χ1v) is 24.8. The molecule has 0 amide bonds. The summed E-state index contributed by atoms with van der Waals surface area (Å²) in [6.07, 6.45) is 1.87. The summed E-state index contributed by atoms with van der Waals surface area (Å²) >= 11 is 0. The molecule has 0 spiro atoms. The number of allylic oxidation sites excluding steroid dienone is 3. The van der Waals surface area contributed by atoms with Gasteiger partial charge in [0.05, 0.1) is 17.5 Å². The van der Waals surface area contributed by atoms with Crippen molar-refractivity contribution in [3.63, 3.8) is 0 Å². The number of rotatable bonds is 11. The molecule has 0 bridgehead atoms. The van der Waals surface area contributed by atoms with Gasteiger partial charge >= 0.3 is 0 Å². The van der Waals surface area contributed by atoms with E-state index in [9.17, 15) is 0 Å². The molecule has 2 aliphatic rings. The summed E-state index contributed by atoms with van der Waals surface area (Å²) in [7, 11) is 0. The van der Waals surface area contributed by atoms with E-state index in [1.807, 2.05) is 0 Å². The van der Waals surface area contributed by atoms with Crippen LogP contribution in [0.4, 0.5) is 0 Å². The zero-order valence-corrected chi connectivity index (χ0v) is 39.7. The first-order valence-electron chi connectivity index (χ1n) is 24.8. The van der Waals surface area contributed by atoms with Crippen molar-refractivity contribution in [2.75, 3.05) is 0 Å². The summed E-state index contributed by atoms with van der Waals surface area (Å²) in [5.74, 6) is 0. The van der Waals surface area contributed by atoms with Gasteiger partial charge in [-0.05, 0) is 119 Å². The lowest BCUT2D eigenvalue weighted by Crippen LogP contribution is -2.27. The maximum absolute atomic E-state index is 5.42. The van der Waals surface area contributed by atoms with Gasteiger partial charge in [-0.2, -0.15) is 0 Å². The van der Waals surface area contributed by atoms with E-state index in [2.05, 4.69) is 296 Å². The molecule has 0 saturated heterocycles. The molecule has 342 valence electrons. The lowest BCUT2D eigenvalue weighted by Gasteiger charge is -2.36. The first kappa shape index (κ1) is 43.9. The van der Waals surface area contributed by atoms with Gasteiger partial charge in [-0.25, -0.2) is 0 Å². The van der Waals surface area contributed by atoms with Crippen LogP contribution < -0.4 is 10.6 Å². The highest BCUT2D eigenvalue weighted by atomic mass is 15.1. The summed E-state index contributed by atoms with van der Waals surface area (Å²) in [6.45, 7) is 0.